The lowest BCUT2D eigenvalue weighted by molar-refractivity contribution is -0.389. The quantitative estimate of drug-likeness (QED) is 0.0112. The van der Waals surface area contributed by atoms with Gasteiger partial charge in [-0.3, -0.25) is 58.1 Å². The lowest BCUT2D eigenvalue weighted by atomic mass is 10.0. The summed E-state index contributed by atoms with van der Waals surface area (Å²) in [6.07, 6.45) is 5.21. The Morgan fingerprint density at radius 1 is 0.500 bits per heavy atom. The fraction of sp³-hybridized carbons (Fsp3) is 0.635. The summed E-state index contributed by atoms with van der Waals surface area (Å²) in [4.78, 5) is 141. The zero-order valence-corrected chi connectivity index (χ0v) is 49.2. The molecule has 490 valence electrons. The number of H-pyrrole nitrogens is 3. The third-order valence-electron chi connectivity index (χ3n) is 13.0. The first kappa shape index (κ1) is 73.9. The van der Waals surface area contributed by atoms with Gasteiger partial charge in [0, 0.05) is 18.7 Å². The highest BCUT2D eigenvalue weighted by Crippen LogP contribution is 2.15. The van der Waals surface area contributed by atoms with Gasteiger partial charge in [0.15, 0.2) is 11.5 Å². The van der Waals surface area contributed by atoms with Crippen LogP contribution in [0, 0.1) is 10.1 Å². The van der Waals surface area contributed by atoms with Crippen molar-refractivity contribution in [2.45, 2.75) is 127 Å². The molecule has 22 N–H and O–H groups in total. The van der Waals surface area contributed by atoms with Crippen LogP contribution in [0.2, 0.25) is 0 Å². The van der Waals surface area contributed by atoms with Crippen molar-refractivity contribution in [3.8, 4) is 0 Å². The Morgan fingerprint density at radius 3 is 1.36 bits per heavy atom. The molecule has 0 spiro atoms. The van der Waals surface area contributed by atoms with Crippen LogP contribution in [0.25, 0.3) is 0 Å². The Kier molecular flexibility index (Phi) is 35.6. The normalized spacial score (nSPS) is 12.8. The fourth-order valence-electron chi connectivity index (χ4n) is 8.25. The third kappa shape index (κ3) is 28.4. The Labute approximate surface area is 506 Å². The molecular weight excluding hydrogens is 1160 g/mol. The molecule has 8 amide bonds. The van der Waals surface area contributed by atoms with Gasteiger partial charge < -0.3 is 101 Å². The Hall–Kier alpha value is -8.39. The summed E-state index contributed by atoms with van der Waals surface area (Å²) in [5.74, 6) is -8.12. The number of carbonyl (C=O) groups excluding carboxylic acids is 9. The summed E-state index contributed by atoms with van der Waals surface area (Å²) < 4.78 is 16.5. The Morgan fingerprint density at radius 2 is 0.909 bits per heavy atom. The van der Waals surface area contributed by atoms with Gasteiger partial charge in [-0.15, -0.1) is 5.10 Å². The molecule has 0 fully saturated rings. The number of aromatic amines is 3. The second-order valence-corrected chi connectivity index (χ2v) is 19.9. The van der Waals surface area contributed by atoms with Crippen LogP contribution in [0.5, 0.6) is 0 Å². The number of anilines is 1. The first-order valence-electron chi connectivity index (χ1n) is 29.0. The minimum absolute atomic E-state index is 0.00593. The predicted octanol–water partition coefficient (Wildman–Crippen LogP) is -3.70. The van der Waals surface area contributed by atoms with E-state index in [0.717, 1.165) is 12.1 Å². The summed E-state index contributed by atoms with van der Waals surface area (Å²) >= 11 is 0. The highest BCUT2D eigenvalue weighted by molar-refractivity contribution is 6.09. The van der Waals surface area contributed by atoms with E-state index in [2.05, 4.69) is 73.1 Å². The van der Waals surface area contributed by atoms with E-state index in [-0.39, 0.29) is 107 Å². The van der Waals surface area contributed by atoms with E-state index in [1.807, 2.05) is 0 Å². The second kappa shape index (κ2) is 42.5. The average molecular weight is 1250 g/mol. The molecule has 36 nitrogen and oxygen atoms in total. The molecule has 0 saturated heterocycles. The largest absolute Gasteiger partial charge is 0.480 e. The first-order chi connectivity index (χ1) is 42.3. The lowest BCUT2D eigenvalue weighted by Crippen LogP contribution is -2.59. The van der Waals surface area contributed by atoms with Crippen molar-refractivity contribution in [3.63, 3.8) is 0 Å². The molecule has 88 heavy (non-hydrogen) atoms. The number of hydrogen-bond acceptors (Lipinski definition) is 23. The van der Waals surface area contributed by atoms with E-state index in [0.29, 0.717) is 90.4 Å². The standard InChI is InChI=1S/C52H86N20O16/c53-16-6-1-11-32(46(77)59-30-44(74)75)61-49(80)34(13-3-8-18-55)63-51(82)36(15-5-10-20-57)64-50(81)35(14-4-9-19-56)62-48(79)33(12-2-7-17-54)60-43(73)31-88-26-25-87-24-23-86-22-21-58-47(78)40-28-41(70-69-40)65-52(83)39-27-37(66-68-39)45(76)38-29-42(71-67-38)72(84)85/h27-29,32-36H,1-26,30-31,53-57H2,(H,58,78)(H,59,77)(H,60,73)(H,61,80)(H,62,79)(H,63,82)(H,64,81)(H,66,68)(H,67,71)(H,74,75)(H2,65,69,70,83)/t32-,33-,34-,35-,36-/m0/s1. The monoisotopic (exact) mass is 1250 g/mol. The van der Waals surface area contributed by atoms with E-state index in [9.17, 15) is 58.1 Å². The number of nitro groups is 1. The van der Waals surface area contributed by atoms with Crippen LogP contribution >= 0.6 is 0 Å². The van der Waals surface area contributed by atoms with Crippen molar-refractivity contribution in [1.29, 1.82) is 0 Å². The molecule has 0 aliphatic heterocycles. The number of aromatic nitrogens is 6. The SMILES string of the molecule is NCCCC[C@H](NC(=O)COCCOCCOCCNC(=O)c1cc(NC(=O)c2cc(C(=O)c3cc([N+](=O)[O-])[nH]n3)n[nH]2)n[nH]1)C(=O)N[C@@H](CCCCN)C(=O)N[C@@H](CCCCN)C(=O)N[C@@H](CCCCN)C(=O)N[C@@H](CCCCN)C(=O)NCC(=O)O. The molecule has 36 heteroatoms. The van der Waals surface area contributed by atoms with Crippen molar-refractivity contribution < 1.29 is 72.2 Å². The number of nitrogens with one attached hydrogen (secondary N) is 11. The molecule has 0 unspecified atom stereocenters. The molecule has 0 aliphatic carbocycles. The van der Waals surface area contributed by atoms with Crippen molar-refractivity contribution in [2.24, 2.45) is 28.7 Å². The fourth-order valence-corrected chi connectivity index (χ4v) is 8.25. The molecule has 3 rings (SSSR count). The van der Waals surface area contributed by atoms with Crippen molar-refractivity contribution in [3.05, 3.63) is 51.1 Å². The Balaban J connectivity index is 1.49. The van der Waals surface area contributed by atoms with Crippen LogP contribution in [0.1, 0.15) is 133 Å². The zero-order chi connectivity index (χ0) is 64.6. The van der Waals surface area contributed by atoms with Gasteiger partial charge in [0.1, 0.15) is 60.4 Å². The number of carboxylic acid groups (broad SMARTS) is 1. The number of carbonyl (C=O) groups is 10. The average Bonchev–Trinajstić information content (AvgIpc) is 4.50. The van der Waals surface area contributed by atoms with Crippen LogP contribution in [-0.4, -0.2) is 215 Å². The maximum atomic E-state index is 14.2. The Bertz CT molecular complexity index is 2690. The number of hydrogen-bond donors (Lipinski definition) is 17. The molecular formula is C52H86N20O16. The van der Waals surface area contributed by atoms with Crippen LogP contribution in [0.4, 0.5) is 11.6 Å². The number of amides is 8. The number of unbranched alkanes of at least 4 members (excludes halogenated alkanes) is 5. The van der Waals surface area contributed by atoms with Gasteiger partial charge in [0.25, 0.3) is 11.8 Å². The van der Waals surface area contributed by atoms with Gasteiger partial charge in [-0.05, 0) is 134 Å². The molecule has 5 atom stereocenters. The number of aliphatic carboxylic acids is 1. The van der Waals surface area contributed by atoms with E-state index >= 15 is 0 Å². The number of ether oxygens (including phenoxy) is 3. The van der Waals surface area contributed by atoms with Crippen LogP contribution in [0.15, 0.2) is 18.2 Å². The molecule has 0 radical (unpaired) electrons. The minimum Gasteiger partial charge on any atom is -0.480 e. The van der Waals surface area contributed by atoms with Gasteiger partial charge in [0.2, 0.25) is 41.2 Å². The molecule has 0 aliphatic rings. The van der Waals surface area contributed by atoms with Gasteiger partial charge in [0.05, 0.1) is 39.1 Å². The maximum absolute atomic E-state index is 14.2. The number of carboxylic acids is 1. The van der Waals surface area contributed by atoms with Crippen LogP contribution in [0.3, 0.4) is 0 Å². The highest BCUT2D eigenvalue weighted by Gasteiger charge is 2.33. The summed E-state index contributed by atoms with van der Waals surface area (Å²) in [5.41, 5.74) is 28.0. The number of nitrogens with two attached hydrogens (primary N) is 5. The van der Waals surface area contributed by atoms with Crippen molar-refractivity contribution in [2.75, 3.05) is 90.8 Å². The van der Waals surface area contributed by atoms with Gasteiger partial charge in [-0.1, -0.05) is 5.10 Å². The molecule has 3 aromatic rings. The van der Waals surface area contributed by atoms with Gasteiger partial charge in [-0.25, -0.2) is 0 Å². The topological polar surface area (TPSA) is 574 Å². The number of ketones is 1. The summed E-state index contributed by atoms with van der Waals surface area (Å²) in [6, 6.07) is -2.57. The van der Waals surface area contributed by atoms with E-state index in [4.69, 9.17) is 48.0 Å². The van der Waals surface area contributed by atoms with Crippen molar-refractivity contribution in [1.82, 2.24) is 67.8 Å². The maximum Gasteiger partial charge on any atom is 0.343 e. The third-order valence-corrected chi connectivity index (χ3v) is 13.0. The van der Waals surface area contributed by atoms with Crippen LogP contribution < -0.4 is 71.2 Å². The summed E-state index contributed by atoms with van der Waals surface area (Å²) in [6.45, 7) is 0.910. The smallest absolute Gasteiger partial charge is 0.343 e. The highest BCUT2D eigenvalue weighted by atomic mass is 16.6. The molecule has 3 aromatic heterocycles. The van der Waals surface area contributed by atoms with E-state index in [1.54, 1.807) is 0 Å². The first-order valence-corrected chi connectivity index (χ1v) is 29.0. The summed E-state index contributed by atoms with van der Waals surface area (Å²) in [5, 5.41) is 59.1. The number of rotatable bonds is 49. The summed E-state index contributed by atoms with van der Waals surface area (Å²) in [7, 11) is 0. The van der Waals surface area contributed by atoms with E-state index in [1.165, 1.54) is 6.07 Å². The van der Waals surface area contributed by atoms with Crippen molar-refractivity contribution >= 4 is 70.6 Å². The minimum atomic E-state index is -1.29. The molecule has 0 bridgehead atoms. The van der Waals surface area contributed by atoms with Gasteiger partial charge in [-0.2, -0.15) is 10.2 Å². The lowest BCUT2D eigenvalue weighted by Gasteiger charge is -2.27. The second-order valence-electron chi connectivity index (χ2n) is 19.9. The molecule has 0 aromatic carbocycles. The predicted molar refractivity (Wildman–Crippen MR) is 313 cm³/mol. The molecule has 0 saturated carbocycles. The van der Waals surface area contributed by atoms with E-state index < -0.39 is 113 Å². The molecule has 3 heterocycles. The van der Waals surface area contributed by atoms with Gasteiger partial charge >= 0.3 is 11.8 Å². The number of nitrogens with zero attached hydrogens (tertiary/aromatic N) is 4. The van der Waals surface area contributed by atoms with Crippen LogP contribution in [-0.2, 0) is 47.8 Å². The zero-order valence-electron chi connectivity index (χ0n) is 49.2.